The Bertz CT molecular complexity index is 432. The smallest absolute Gasteiger partial charge is 0.224 e. The molecule has 3 heteroatoms. The van der Waals surface area contributed by atoms with Crippen molar-refractivity contribution in [2.75, 3.05) is 11.9 Å². The Balaban J connectivity index is 2.48. The first-order chi connectivity index (χ1) is 9.86. The lowest BCUT2D eigenvalue weighted by molar-refractivity contribution is -0.116. The van der Waals surface area contributed by atoms with Crippen molar-refractivity contribution in [1.82, 2.24) is 0 Å². The Morgan fingerprint density at radius 2 is 1.81 bits per heavy atom. The first-order valence-corrected chi connectivity index (χ1v) is 7.97. The Kier molecular flexibility index (Phi) is 6.90. The van der Waals surface area contributed by atoms with E-state index >= 15 is 0 Å². The molecule has 1 aromatic rings. The number of hydrogen-bond acceptors (Lipinski definition) is 2. The second kappa shape index (κ2) is 8.18. The van der Waals surface area contributed by atoms with E-state index in [0.717, 1.165) is 24.9 Å². The molecule has 0 fully saturated rings. The third-order valence-electron chi connectivity index (χ3n) is 3.97. The average molecular weight is 290 g/mol. The zero-order chi connectivity index (χ0) is 15.9. The molecule has 3 N–H and O–H groups in total. The third kappa shape index (κ3) is 6.30. The fraction of sp³-hybridized carbons (Fsp3) is 0.611. The van der Waals surface area contributed by atoms with Crippen LogP contribution in [0.1, 0.15) is 58.9 Å². The third-order valence-corrected chi connectivity index (χ3v) is 3.97. The van der Waals surface area contributed by atoms with Gasteiger partial charge < -0.3 is 11.1 Å². The second-order valence-corrected chi connectivity index (χ2v) is 6.77. The fourth-order valence-corrected chi connectivity index (χ4v) is 2.40. The van der Waals surface area contributed by atoms with Crippen LogP contribution >= 0.6 is 0 Å². The molecule has 21 heavy (non-hydrogen) atoms. The van der Waals surface area contributed by atoms with E-state index in [1.807, 2.05) is 12.1 Å². The van der Waals surface area contributed by atoms with Crippen LogP contribution in [0.3, 0.4) is 0 Å². The first-order valence-electron chi connectivity index (χ1n) is 7.97. The molecule has 0 heterocycles. The SMILES string of the molecule is CCC(CCN)CCC(=O)Nc1ccc(C(C)(C)C)cc1. The molecule has 0 saturated heterocycles. The molecule has 0 bridgehead atoms. The first kappa shape index (κ1) is 17.7. The van der Waals surface area contributed by atoms with E-state index in [1.54, 1.807) is 0 Å². The summed E-state index contributed by atoms with van der Waals surface area (Å²) in [4.78, 5) is 12.0. The van der Waals surface area contributed by atoms with Crippen molar-refractivity contribution >= 4 is 11.6 Å². The van der Waals surface area contributed by atoms with Gasteiger partial charge in [-0.2, -0.15) is 0 Å². The number of anilines is 1. The highest BCUT2D eigenvalue weighted by Gasteiger charge is 2.13. The van der Waals surface area contributed by atoms with Gasteiger partial charge in [0.05, 0.1) is 0 Å². The number of nitrogens with one attached hydrogen (secondary N) is 1. The minimum Gasteiger partial charge on any atom is -0.330 e. The lowest BCUT2D eigenvalue weighted by Gasteiger charge is -2.19. The Morgan fingerprint density at radius 1 is 1.19 bits per heavy atom. The highest BCUT2D eigenvalue weighted by Crippen LogP contribution is 2.23. The van der Waals surface area contributed by atoms with E-state index in [9.17, 15) is 4.79 Å². The van der Waals surface area contributed by atoms with Crippen molar-refractivity contribution in [2.24, 2.45) is 11.7 Å². The predicted molar refractivity (Wildman–Crippen MR) is 90.5 cm³/mol. The van der Waals surface area contributed by atoms with Crippen LogP contribution < -0.4 is 11.1 Å². The molecule has 1 amide bonds. The highest BCUT2D eigenvalue weighted by atomic mass is 16.1. The molecule has 0 radical (unpaired) electrons. The molecular weight excluding hydrogens is 260 g/mol. The summed E-state index contributed by atoms with van der Waals surface area (Å²) in [6.45, 7) is 9.41. The normalized spacial score (nSPS) is 13.0. The van der Waals surface area contributed by atoms with Crippen LogP contribution in [0, 0.1) is 5.92 Å². The maximum Gasteiger partial charge on any atom is 0.224 e. The monoisotopic (exact) mass is 290 g/mol. The number of nitrogens with two attached hydrogens (primary N) is 1. The summed E-state index contributed by atoms with van der Waals surface area (Å²) in [6, 6.07) is 8.13. The van der Waals surface area contributed by atoms with Crippen LogP contribution in [-0.2, 0) is 10.2 Å². The average Bonchev–Trinajstić information content (AvgIpc) is 2.43. The molecule has 1 atom stereocenters. The molecule has 0 saturated carbocycles. The van der Waals surface area contributed by atoms with E-state index < -0.39 is 0 Å². The Hall–Kier alpha value is -1.35. The maximum atomic E-state index is 12.0. The highest BCUT2D eigenvalue weighted by molar-refractivity contribution is 5.90. The Labute approximate surface area is 129 Å². The summed E-state index contributed by atoms with van der Waals surface area (Å²) >= 11 is 0. The zero-order valence-corrected chi connectivity index (χ0v) is 13.9. The molecular formula is C18H30N2O. The van der Waals surface area contributed by atoms with E-state index in [4.69, 9.17) is 5.73 Å². The van der Waals surface area contributed by atoms with Crippen LogP contribution in [0.2, 0.25) is 0 Å². The van der Waals surface area contributed by atoms with Gasteiger partial charge in [-0.15, -0.1) is 0 Å². The summed E-state index contributed by atoms with van der Waals surface area (Å²) in [7, 11) is 0. The lowest BCUT2D eigenvalue weighted by Crippen LogP contribution is -2.15. The van der Waals surface area contributed by atoms with Gasteiger partial charge in [-0.1, -0.05) is 46.2 Å². The predicted octanol–water partition coefficient (Wildman–Crippen LogP) is 4.08. The van der Waals surface area contributed by atoms with Crippen LogP contribution in [0.4, 0.5) is 5.69 Å². The lowest BCUT2D eigenvalue weighted by atomic mass is 9.87. The van der Waals surface area contributed by atoms with Gasteiger partial charge in [-0.3, -0.25) is 4.79 Å². The van der Waals surface area contributed by atoms with Gasteiger partial charge in [0.1, 0.15) is 0 Å². The van der Waals surface area contributed by atoms with E-state index in [-0.39, 0.29) is 11.3 Å². The number of rotatable bonds is 7. The standard InChI is InChI=1S/C18H30N2O/c1-5-14(12-13-19)6-11-17(21)20-16-9-7-15(8-10-16)18(2,3)4/h7-10,14H,5-6,11-13,19H2,1-4H3,(H,20,21). The molecule has 1 rings (SSSR count). The largest absolute Gasteiger partial charge is 0.330 e. The molecule has 118 valence electrons. The molecule has 0 spiro atoms. The summed E-state index contributed by atoms with van der Waals surface area (Å²) in [6.07, 6.45) is 3.58. The summed E-state index contributed by atoms with van der Waals surface area (Å²) in [5.41, 5.74) is 7.87. The molecule has 1 aromatic carbocycles. The number of carbonyl (C=O) groups is 1. The minimum absolute atomic E-state index is 0.0916. The van der Waals surface area contributed by atoms with Crippen LogP contribution in [0.25, 0.3) is 0 Å². The number of amides is 1. The van der Waals surface area contributed by atoms with Gasteiger partial charge in [0, 0.05) is 12.1 Å². The topological polar surface area (TPSA) is 55.1 Å². The fourth-order valence-electron chi connectivity index (χ4n) is 2.40. The van der Waals surface area contributed by atoms with Crippen molar-refractivity contribution < 1.29 is 4.79 Å². The molecule has 0 aliphatic carbocycles. The van der Waals surface area contributed by atoms with E-state index in [0.29, 0.717) is 18.9 Å². The van der Waals surface area contributed by atoms with Gasteiger partial charge in [-0.25, -0.2) is 0 Å². The van der Waals surface area contributed by atoms with Crippen molar-refractivity contribution in [1.29, 1.82) is 0 Å². The second-order valence-electron chi connectivity index (χ2n) is 6.77. The minimum atomic E-state index is 0.0916. The molecule has 0 aromatic heterocycles. The Morgan fingerprint density at radius 3 is 2.29 bits per heavy atom. The van der Waals surface area contributed by atoms with Crippen molar-refractivity contribution in [3.05, 3.63) is 29.8 Å². The number of benzene rings is 1. The number of hydrogen-bond donors (Lipinski definition) is 2. The van der Waals surface area contributed by atoms with Gasteiger partial charge in [0.15, 0.2) is 0 Å². The van der Waals surface area contributed by atoms with Crippen molar-refractivity contribution in [2.45, 2.75) is 58.8 Å². The van der Waals surface area contributed by atoms with Gasteiger partial charge in [0.2, 0.25) is 5.91 Å². The molecule has 0 aliphatic rings. The van der Waals surface area contributed by atoms with Crippen molar-refractivity contribution in [3.8, 4) is 0 Å². The van der Waals surface area contributed by atoms with Crippen LogP contribution in [0.5, 0.6) is 0 Å². The molecule has 1 unspecified atom stereocenters. The van der Waals surface area contributed by atoms with Crippen molar-refractivity contribution in [3.63, 3.8) is 0 Å². The summed E-state index contributed by atoms with van der Waals surface area (Å²) in [5.74, 6) is 0.651. The van der Waals surface area contributed by atoms with Gasteiger partial charge in [-0.05, 0) is 48.4 Å². The summed E-state index contributed by atoms with van der Waals surface area (Å²) in [5, 5.41) is 2.97. The molecule has 3 nitrogen and oxygen atoms in total. The van der Waals surface area contributed by atoms with Crippen LogP contribution in [-0.4, -0.2) is 12.5 Å². The maximum absolute atomic E-state index is 12.0. The van der Waals surface area contributed by atoms with Crippen LogP contribution in [0.15, 0.2) is 24.3 Å². The quantitative estimate of drug-likeness (QED) is 0.795. The summed E-state index contributed by atoms with van der Waals surface area (Å²) < 4.78 is 0. The molecule has 0 aliphatic heterocycles. The van der Waals surface area contributed by atoms with Gasteiger partial charge >= 0.3 is 0 Å². The van der Waals surface area contributed by atoms with Gasteiger partial charge in [0.25, 0.3) is 0 Å². The number of carbonyl (C=O) groups excluding carboxylic acids is 1. The zero-order valence-electron chi connectivity index (χ0n) is 13.9. The van der Waals surface area contributed by atoms with E-state index in [2.05, 4.69) is 45.1 Å². The van der Waals surface area contributed by atoms with E-state index in [1.165, 1.54) is 5.56 Å².